The summed E-state index contributed by atoms with van der Waals surface area (Å²) < 4.78 is 25.8. The van der Waals surface area contributed by atoms with Crippen LogP contribution < -0.4 is 0 Å². The van der Waals surface area contributed by atoms with Crippen molar-refractivity contribution >= 4 is 10.1 Å². The highest BCUT2D eigenvalue weighted by atomic mass is 32.2. The van der Waals surface area contributed by atoms with Crippen LogP contribution in [0.3, 0.4) is 0 Å². The topological polar surface area (TPSA) is 43.4 Å². The summed E-state index contributed by atoms with van der Waals surface area (Å²) in [5.74, 6) is 6.19. The van der Waals surface area contributed by atoms with Gasteiger partial charge in [0.2, 0.25) is 0 Å². The Bertz CT molecular complexity index is 325. The van der Waals surface area contributed by atoms with Gasteiger partial charge in [-0.05, 0) is 33.6 Å². The molecule has 4 heteroatoms. The molecule has 0 aromatic heterocycles. The molecule has 0 spiro atoms. The predicted molar refractivity (Wildman–Crippen MR) is 61.9 cm³/mol. The lowest BCUT2D eigenvalue weighted by atomic mass is 9.98. The molecule has 0 bridgehead atoms. The van der Waals surface area contributed by atoms with Gasteiger partial charge in [-0.3, -0.25) is 4.18 Å². The zero-order valence-electron chi connectivity index (χ0n) is 9.96. The lowest BCUT2D eigenvalue weighted by Gasteiger charge is -2.06. The van der Waals surface area contributed by atoms with Gasteiger partial charge in [0.1, 0.15) is 0 Å². The van der Waals surface area contributed by atoms with E-state index in [1.807, 2.05) is 0 Å². The third-order valence-electron chi connectivity index (χ3n) is 1.46. The molecule has 3 nitrogen and oxygen atoms in total. The van der Waals surface area contributed by atoms with E-state index in [2.05, 4.69) is 36.8 Å². The molecular formula is C11H20O3S. The fraction of sp³-hybridized carbons (Fsp3) is 0.818. The minimum Gasteiger partial charge on any atom is -0.270 e. The molecule has 0 rings (SSSR count). The van der Waals surface area contributed by atoms with Crippen LogP contribution in [0, 0.1) is 17.3 Å². The van der Waals surface area contributed by atoms with Gasteiger partial charge in [-0.25, -0.2) is 0 Å². The summed E-state index contributed by atoms with van der Waals surface area (Å²) in [4.78, 5) is 0. The fourth-order valence-electron chi connectivity index (χ4n) is 0.853. The lowest BCUT2D eigenvalue weighted by Crippen LogP contribution is -2.03. The predicted octanol–water partition coefficient (Wildman–Crippen LogP) is 2.18. The summed E-state index contributed by atoms with van der Waals surface area (Å²) in [5, 5.41) is 0. The van der Waals surface area contributed by atoms with Crippen molar-refractivity contribution in [2.45, 2.75) is 40.0 Å². The van der Waals surface area contributed by atoms with Crippen LogP contribution in [0.1, 0.15) is 40.0 Å². The molecule has 0 aromatic carbocycles. The van der Waals surface area contributed by atoms with Crippen LogP contribution in [0.15, 0.2) is 0 Å². The molecule has 0 saturated carbocycles. The lowest BCUT2D eigenvalue weighted by molar-refractivity contribution is 0.312. The van der Waals surface area contributed by atoms with E-state index in [0.29, 0.717) is 0 Å². The summed E-state index contributed by atoms with van der Waals surface area (Å²) in [7, 11) is -3.28. The number of rotatable bonds is 5. The minimum atomic E-state index is -3.28. The van der Waals surface area contributed by atoms with Crippen LogP contribution in [-0.4, -0.2) is 21.3 Å². The Balaban J connectivity index is 3.52. The fourth-order valence-corrected chi connectivity index (χ4v) is 1.27. The van der Waals surface area contributed by atoms with Crippen LogP contribution in [0.2, 0.25) is 0 Å². The summed E-state index contributed by atoms with van der Waals surface area (Å²) in [6, 6.07) is 0. The molecule has 15 heavy (non-hydrogen) atoms. The Morgan fingerprint density at radius 2 is 1.80 bits per heavy atom. The molecule has 0 heterocycles. The van der Waals surface area contributed by atoms with Crippen molar-refractivity contribution in [1.29, 1.82) is 0 Å². The molecule has 0 fully saturated rings. The normalized spacial score (nSPS) is 12.0. The van der Waals surface area contributed by atoms with Gasteiger partial charge >= 0.3 is 0 Å². The first-order valence-corrected chi connectivity index (χ1v) is 6.87. The number of hydrogen-bond donors (Lipinski definition) is 0. The van der Waals surface area contributed by atoms with Crippen molar-refractivity contribution in [2.24, 2.45) is 5.41 Å². The molecular weight excluding hydrogens is 212 g/mol. The van der Waals surface area contributed by atoms with Crippen molar-refractivity contribution in [3.63, 3.8) is 0 Å². The van der Waals surface area contributed by atoms with Crippen LogP contribution in [-0.2, 0) is 14.3 Å². The van der Waals surface area contributed by atoms with Crippen LogP contribution in [0.25, 0.3) is 0 Å². The van der Waals surface area contributed by atoms with Crippen molar-refractivity contribution in [2.75, 3.05) is 12.9 Å². The largest absolute Gasteiger partial charge is 0.270 e. The molecule has 0 aliphatic heterocycles. The van der Waals surface area contributed by atoms with Gasteiger partial charge in [-0.2, -0.15) is 8.42 Å². The number of unbranched alkanes of at least 4 members (excludes halogenated alkanes) is 2. The van der Waals surface area contributed by atoms with Gasteiger partial charge in [0.15, 0.2) is 0 Å². The average Bonchev–Trinajstić information content (AvgIpc) is 1.98. The van der Waals surface area contributed by atoms with Gasteiger partial charge in [0, 0.05) is 11.8 Å². The first-order chi connectivity index (χ1) is 6.71. The van der Waals surface area contributed by atoms with Gasteiger partial charge in [0.25, 0.3) is 10.1 Å². The van der Waals surface area contributed by atoms with Crippen LogP contribution >= 0.6 is 0 Å². The van der Waals surface area contributed by atoms with Crippen molar-refractivity contribution in [1.82, 2.24) is 0 Å². The van der Waals surface area contributed by atoms with Gasteiger partial charge < -0.3 is 0 Å². The molecule has 0 aliphatic rings. The average molecular weight is 232 g/mol. The molecule has 0 amide bonds. The van der Waals surface area contributed by atoms with Crippen LogP contribution in [0.5, 0.6) is 0 Å². The highest BCUT2D eigenvalue weighted by Crippen LogP contribution is 2.10. The molecule has 0 N–H and O–H groups in total. The summed E-state index contributed by atoms with van der Waals surface area (Å²) in [5.41, 5.74) is 0.0449. The van der Waals surface area contributed by atoms with E-state index in [1.165, 1.54) is 0 Å². The van der Waals surface area contributed by atoms with Crippen molar-refractivity contribution in [3.05, 3.63) is 0 Å². The van der Waals surface area contributed by atoms with Gasteiger partial charge in [-0.1, -0.05) is 5.92 Å². The van der Waals surface area contributed by atoms with E-state index in [-0.39, 0.29) is 12.0 Å². The second kappa shape index (κ2) is 6.14. The van der Waals surface area contributed by atoms with Gasteiger partial charge in [0.05, 0.1) is 12.9 Å². The second-order valence-electron chi connectivity index (χ2n) is 4.53. The van der Waals surface area contributed by atoms with E-state index in [1.54, 1.807) is 0 Å². The van der Waals surface area contributed by atoms with E-state index < -0.39 is 10.1 Å². The highest BCUT2D eigenvalue weighted by Gasteiger charge is 2.03. The summed E-state index contributed by atoms with van der Waals surface area (Å²) in [6.07, 6.45) is 3.46. The van der Waals surface area contributed by atoms with Crippen molar-refractivity contribution < 1.29 is 12.6 Å². The SMILES string of the molecule is CC(C)(C)C#CCCCCOS(C)(=O)=O. The quantitative estimate of drug-likeness (QED) is 0.414. The maximum Gasteiger partial charge on any atom is 0.264 e. The molecule has 0 saturated heterocycles. The third-order valence-corrected chi connectivity index (χ3v) is 2.05. The molecule has 0 atom stereocenters. The first kappa shape index (κ1) is 14.5. The first-order valence-electron chi connectivity index (χ1n) is 5.05. The Hall–Kier alpha value is -0.530. The Morgan fingerprint density at radius 1 is 1.20 bits per heavy atom. The Labute approximate surface area is 93.3 Å². The molecule has 0 aliphatic carbocycles. The van der Waals surface area contributed by atoms with E-state index in [9.17, 15) is 8.42 Å². The standard InChI is InChI=1S/C11H20O3S/c1-11(2,3)9-7-5-6-8-10-14-15(4,12)13/h5-6,8,10H2,1-4H3. The highest BCUT2D eigenvalue weighted by molar-refractivity contribution is 7.85. The van der Waals surface area contributed by atoms with E-state index in [4.69, 9.17) is 0 Å². The minimum absolute atomic E-state index is 0.0449. The molecule has 0 radical (unpaired) electrons. The summed E-state index contributed by atoms with van der Waals surface area (Å²) >= 11 is 0. The number of hydrogen-bond acceptors (Lipinski definition) is 3. The zero-order chi connectivity index (χ0) is 11.9. The Morgan fingerprint density at radius 3 is 2.27 bits per heavy atom. The smallest absolute Gasteiger partial charge is 0.264 e. The Kier molecular flexibility index (Phi) is 5.92. The second-order valence-corrected chi connectivity index (χ2v) is 6.18. The maximum absolute atomic E-state index is 10.6. The molecule has 0 aromatic rings. The zero-order valence-corrected chi connectivity index (χ0v) is 10.8. The third kappa shape index (κ3) is 13.5. The van der Waals surface area contributed by atoms with E-state index in [0.717, 1.165) is 25.5 Å². The van der Waals surface area contributed by atoms with E-state index >= 15 is 0 Å². The molecule has 0 unspecified atom stereocenters. The van der Waals surface area contributed by atoms with Crippen molar-refractivity contribution in [3.8, 4) is 11.8 Å². The summed E-state index contributed by atoms with van der Waals surface area (Å²) in [6.45, 7) is 6.45. The van der Waals surface area contributed by atoms with Gasteiger partial charge in [-0.15, -0.1) is 5.92 Å². The van der Waals surface area contributed by atoms with Crippen LogP contribution in [0.4, 0.5) is 0 Å². The maximum atomic E-state index is 10.6. The molecule has 88 valence electrons. The monoisotopic (exact) mass is 232 g/mol.